The Hall–Kier alpha value is -2.09. The lowest BCUT2D eigenvalue weighted by Crippen LogP contribution is -2.23. The predicted octanol–water partition coefficient (Wildman–Crippen LogP) is 1.03. The smallest absolute Gasteiger partial charge is 0.277 e. The van der Waals surface area contributed by atoms with Gasteiger partial charge in [-0.2, -0.15) is 14.9 Å². The first-order chi connectivity index (χ1) is 7.56. The number of aryl methyl sites for hydroxylation is 1. The number of nitrogens with zero attached hydrogens (tertiary/aromatic N) is 4. The molecule has 2 aromatic heterocycles. The lowest BCUT2D eigenvalue weighted by molar-refractivity contribution is 0.751. The maximum Gasteiger partial charge on any atom is 0.277 e. The van der Waals surface area contributed by atoms with Gasteiger partial charge in [0.1, 0.15) is 11.6 Å². The van der Waals surface area contributed by atoms with Gasteiger partial charge in [-0.1, -0.05) is 13.8 Å². The van der Waals surface area contributed by atoms with Gasteiger partial charge in [0.05, 0.1) is 6.20 Å². The Balaban J connectivity index is 2.94. The van der Waals surface area contributed by atoms with E-state index >= 15 is 0 Å². The highest BCUT2D eigenvalue weighted by Crippen LogP contribution is 2.12. The summed E-state index contributed by atoms with van der Waals surface area (Å²) < 4.78 is 3.05. The minimum Gasteiger partial charge on any atom is -0.334 e. The van der Waals surface area contributed by atoms with Crippen LogP contribution in [-0.4, -0.2) is 14.2 Å². The van der Waals surface area contributed by atoms with Crippen molar-refractivity contribution in [3.05, 3.63) is 33.9 Å². The molecule has 0 saturated heterocycles. The fourth-order valence-corrected chi connectivity index (χ4v) is 1.75. The Morgan fingerprint density at radius 3 is 2.75 bits per heavy atom. The lowest BCUT2D eigenvalue weighted by Gasteiger charge is -2.08. The molecule has 0 atom stereocenters. The van der Waals surface area contributed by atoms with Gasteiger partial charge in [0.25, 0.3) is 5.56 Å². The van der Waals surface area contributed by atoms with Gasteiger partial charge in [-0.25, -0.2) is 0 Å². The van der Waals surface area contributed by atoms with E-state index in [1.807, 2.05) is 27.0 Å². The van der Waals surface area contributed by atoms with E-state index in [4.69, 9.17) is 5.26 Å². The number of nitriles is 1. The van der Waals surface area contributed by atoms with Gasteiger partial charge >= 0.3 is 0 Å². The van der Waals surface area contributed by atoms with Crippen LogP contribution in [0, 0.1) is 11.3 Å². The summed E-state index contributed by atoms with van der Waals surface area (Å²) in [5.41, 5.74) is 1.50. The summed E-state index contributed by atoms with van der Waals surface area (Å²) >= 11 is 0. The van der Waals surface area contributed by atoms with Crippen molar-refractivity contribution in [2.75, 3.05) is 0 Å². The van der Waals surface area contributed by atoms with Crippen LogP contribution in [-0.2, 0) is 7.05 Å². The normalized spacial score (nSPS) is 10.9. The maximum atomic E-state index is 12.0. The Morgan fingerprint density at radius 1 is 1.50 bits per heavy atom. The van der Waals surface area contributed by atoms with Gasteiger partial charge in [-0.15, -0.1) is 0 Å². The van der Waals surface area contributed by atoms with E-state index in [2.05, 4.69) is 5.10 Å². The van der Waals surface area contributed by atoms with Crippen molar-refractivity contribution < 1.29 is 0 Å². The van der Waals surface area contributed by atoms with Crippen LogP contribution in [0.1, 0.15) is 30.9 Å². The molecule has 0 saturated carbocycles. The molecule has 5 nitrogen and oxygen atoms in total. The molecule has 0 unspecified atom stereocenters. The second-order valence-corrected chi connectivity index (χ2v) is 4.06. The summed E-state index contributed by atoms with van der Waals surface area (Å²) in [6, 6.07) is 2.02. The molecule has 0 N–H and O–H groups in total. The van der Waals surface area contributed by atoms with E-state index in [9.17, 15) is 4.79 Å². The summed E-state index contributed by atoms with van der Waals surface area (Å²) in [4.78, 5) is 12.0. The minimum absolute atomic E-state index is 0.137. The quantitative estimate of drug-likeness (QED) is 0.715. The van der Waals surface area contributed by atoms with Crippen LogP contribution < -0.4 is 5.56 Å². The molecular weight excluding hydrogens is 204 g/mol. The van der Waals surface area contributed by atoms with Crippen LogP contribution in [0.4, 0.5) is 0 Å². The molecule has 2 rings (SSSR count). The average Bonchev–Trinajstić information content (AvgIpc) is 2.67. The highest BCUT2D eigenvalue weighted by atomic mass is 16.1. The van der Waals surface area contributed by atoms with E-state index in [-0.39, 0.29) is 11.5 Å². The molecule has 82 valence electrons. The first-order valence-electron chi connectivity index (χ1n) is 5.03. The Morgan fingerprint density at radius 2 is 2.19 bits per heavy atom. The molecule has 0 radical (unpaired) electrons. The minimum atomic E-state index is -0.149. The van der Waals surface area contributed by atoms with Gasteiger partial charge < -0.3 is 4.57 Å². The molecule has 0 aliphatic rings. The lowest BCUT2D eigenvalue weighted by atomic mass is 10.1. The molecule has 0 aliphatic carbocycles. The first-order valence-corrected chi connectivity index (χ1v) is 5.03. The van der Waals surface area contributed by atoms with E-state index < -0.39 is 0 Å². The van der Waals surface area contributed by atoms with Crippen molar-refractivity contribution in [1.82, 2.24) is 14.2 Å². The average molecular weight is 216 g/mol. The van der Waals surface area contributed by atoms with Gasteiger partial charge in [0.15, 0.2) is 5.65 Å². The van der Waals surface area contributed by atoms with Crippen molar-refractivity contribution in [2.45, 2.75) is 19.8 Å². The van der Waals surface area contributed by atoms with Crippen LogP contribution in [0.2, 0.25) is 0 Å². The number of rotatable bonds is 1. The zero-order valence-corrected chi connectivity index (χ0v) is 9.43. The van der Waals surface area contributed by atoms with Gasteiger partial charge in [0, 0.05) is 18.8 Å². The summed E-state index contributed by atoms with van der Waals surface area (Å²) in [5.74, 6) is 0.137. The summed E-state index contributed by atoms with van der Waals surface area (Å²) in [7, 11) is 1.81. The van der Waals surface area contributed by atoms with Crippen LogP contribution in [0.3, 0.4) is 0 Å². The third kappa shape index (κ3) is 1.31. The molecule has 0 fully saturated rings. The fourth-order valence-electron chi connectivity index (χ4n) is 1.75. The second kappa shape index (κ2) is 3.49. The maximum absolute atomic E-state index is 12.0. The van der Waals surface area contributed by atoms with E-state index in [0.717, 1.165) is 0 Å². The molecule has 0 aliphatic heterocycles. The van der Waals surface area contributed by atoms with Gasteiger partial charge in [-0.3, -0.25) is 4.79 Å². The monoisotopic (exact) mass is 216 g/mol. The molecule has 0 aromatic carbocycles. The fraction of sp³-hybridized carbons (Fsp3) is 0.364. The van der Waals surface area contributed by atoms with Gasteiger partial charge in [-0.05, 0) is 5.92 Å². The van der Waals surface area contributed by atoms with Gasteiger partial charge in [0.2, 0.25) is 0 Å². The van der Waals surface area contributed by atoms with Crippen LogP contribution in [0.25, 0.3) is 5.65 Å². The van der Waals surface area contributed by atoms with E-state index in [1.165, 1.54) is 10.7 Å². The summed E-state index contributed by atoms with van der Waals surface area (Å²) in [6.07, 6.45) is 3.19. The Kier molecular flexibility index (Phi) is 2.27. The van der Waals surface area contributed by atoms with Crippen molar-refractivity contribution in [3.8, 4) is 6.07 Å². The van der Waals surface area contributed by atoms with Crippen molar-refractivity contribution >= 4 is 5.65 Å². The summed E-state index contributed by atoms with van der Waals surface area (Å²) in [5, 5.41) is 12.9. The predicted molar refractivity (Wildman–Crippen MR) is 59.2 cm³/mol. The zero-order valence-electron chi connectivity index (χ0n) is 9.43. The first kappa shape index (κ1) is 10.4. The SMILES string of the molecule is CC(C)c1cn(C)c2c(C#N)cnn2c1=O. The van der Waals surface area contributed by atoms with Crippen LogP contribution >= 0.6 is 0 Å². The number of hydrogen-bond acceptors (Lipinski definition) is 3. The molecule has 16 heavy (non-hydrogen) atoms. The summed E-state index contributed by atoms with van der Waals surface area (Å²) in [6.45, 7) is 3.91. The largest absolute Gasteiger partial charge is 0.334 e. The third-order valence-electron chi connectivity index (χ3n) is 2.59. The highest BCUT2D eigenvalue weighted by Gasteiger charge is 2.13. The number of hydrogen-bond donors (Lipinski definition) is 0. The van der Waals surface area contributed by atoms with E-state index in [1.54, 1.807) is 10.8 Å². The van der Waals surface area contributed by atoms with Crippen LogP contribution in [0.15, 0.2) is 17.2 Å². The topological polar surface area (TPSA) is 63.1 Å². The highest BCUT2D eigenvalue weighted by molar-refractivity contribution is 5.54. The number of aromatic nitrogens is 3. The number of fused-ring (bicyclic) bond motifs is 1. The Labute approximate surface area is 92.5 Å². The molecule has 0 spiro atoms. The standard InChI is InChI=1S/C11H12N4O/c1-7(2)9-6-14(3)10-8(4-12)5-13-15(10)11(9)16/h5-7H,1-3H3. The van der Waals surface area contributed by atoms with Crippen molar-refractivity contribution in [1.29, 1.82) is 5.26 Å². The third-order valence-corrected chi connectivity index (χ3v) is 2.59. The molecular formula is C11H12N4O. The van der Waals surface area contributed by atoms with E-state index in [0.29, 0.717) is 16.8 Å². The molecule has 5 heteroatoms. The molecule has 2 aromatic rings. The second-order valence-electron chi connectivity index (χ2n) is 4.06. The Bertz CT molecular complexity index is 642. The van der Waals surface area contributed by atoms with Crippen molar-refractivity contribution in [2.24, 2.45) is 7.05 Å². The zero-order chi connectivity index (χ0) is 11.9. The van der Waals surface area contributed by atoms with Crippen molar-refractivity contribution in [3.63, 3.8) is 0 Å². The molecule has 0 bridgehead atoms. The van der Waals surface area contributed by atoms with Crippen LogP contribution in [0.5, 0.6) is 0 Å². The molecule has 0 amide bonds. The molecule has 2 heterocycles.